The molecule has 16 heavy (non-hydrogen) atoms. The Morgan fingerprint density at radius 3 is 2.44 bits per heavy atom. The van der Waals surface area contributed by atoms with Gasteiger partial charge in [-0.1, -0.05) is 29.8 Å². The molecule has 0 aliphatic carbocycles. The molecule has 0 amide bonds. The van der Waals surface area contributed by atoms with Crippen LogP contribution in [-0.4, -0.2) is 13.1 Å². The van der Waals surface area contributed by atoms with Gasteiger partial charge in [-0.15, -0.1) is 11.6 Å². The molecule has 0 spiro atoms. The molecule has 0 radical (unpaired) electrons. The highest BCUT2D eigenvalue weighted by Crippen LogP contribution is 2.27. The van der Waals surface area contributed by atoms with E-state index in [4.69, 9.17) is 11.6 Å². The first kappa shape index (κ1) is 13.9. The third-order valence-corrected chi connectivity index (χ3v) is 3.92. The van der Waals surface area contributed by atoms with E-state index in [1.807, 2.05) is 0 Å². The van der Waals surface area contributed by atoms with Crippen LogP contribution in [0.5, 0.6) is 0 Å². The topological polar surface area (TPSA) is 3.24 Å². The van der Waals surface area contributed by atoms with Crippen molar-refractivity contribution in [2.45, 2.75) is 32.7 Å². The molecule has 0 saturated heterocycles. The van der Waals surface area contributed by atoms with E-state index in [1.165, 1.54) is 11.3 Å². The molecule has 1 nitrogen and oxygen atoms in total. The second kappa shape index (κ2) is 5.92. The Morgan fingerprint density at radius 1 is 1.31 bits per heavy atom. The minimum atomic E-state index is 0.503. The van der Waals surface area contributed by atoms with Crippen LogP contribution in [0.3, 0.4) is 0 Å². The maximum Gasteiger partial charge on any atom is 0.0494 e. The Balaban J connectivity index is 3.03. The van der Waals surface area contributed by atoms with Crippen molar-refractivity contribution in [3.8, 4) is 0 Å². The number of nitrogens with zero attached hydrogens (tertiary/aromatic N) is 1. The van der Waals surface area contributed by atoms with Gasteiger partial charge in [0, 0.05) is 29.1 Å². The van der Waals surface area contributed by atoms with Crippen LogP contribution < -0.4 is 4.90 Å². The van der Waals surface area contributed by atoms with E-state index >= 15 is 0 Å². The van der Waals surface area contributed by atoms with Crippen molar-refractivity contribution in [1.29, 1.82) is 0 Å². The van der Waals surface area contributed by atoms with E-state index in [1.54, 1.807) is 0 Å². The summed E-state index contributed by atoms with van der Waals surface area (Å²) in [6, 6.07) is 6.78. The number of halogens is 2. The van der Waals surface area contributed by atoms with Gasteiger partial charge in [0.05, 0.1) is 0 Å². The molecule has 3 heteroatoms. The molecule has 0 aliphatic rings. The fourth-order valence-corrected chi connectivity index (χ4v) is 2.29. The summed E-state index contributed by atoms with van der Waals surface area (Å²) < 4.78 is 1.08. The van der Waals surface area contributed by atoms with Gasteiger partial charge in [-0.25, -0.2) is 0 Å². The Kier molecular flexibility index (Phi) is 5.13. The molecule has 0 aromatic heterocycles. The summed E-state index contributed by atoms with van der Waals surface area (Å²) in [5, 5.41) is 0. The second-order valence-electron chi connectivity index (χ2n) is 4.50. The average Bonchev–Trinajstić information content (AvgIpc) is 2.26. The molecule has 1 aromatic rings. The molecule has 0 N–H and O–H groups in total. The second-order valence-corrected chi connectivity index (χ2v) is 5.69. The lowest BCUT2D eigenvalue weighted by Crippen LogP contribution is -2.33. The van der Waals surface area contributed by atoms with Gasteiger partial charge < -0.3 is 4.90 Å². The van der Waals surface area contributed by atoms with Gasteiger partial charge in [-0.05, 0) is 36.6 Å². The molecule has 0 bridgehead atoms. The zero-order valence-corrected chi connectivity index (χ0v) is 12.6. The number of hydrogen-bond acceptors (Lipinski definition) is 1. The zero-order valence-electron chi connectivity index (χ0n) is 10.3. The Morgan fingerprint density at radius 2 is 1.94 bits per heavy atom. The van der Waals surface area contributed by atoms with Crippen LogP contribution in [0.2, 0.25) is 0 Å². The van der Waals surface area contributed by atoms with E-state index in [0.29, 0.717) is 17.8 Å². The lowest BCUT2D eigenvalue weighted by molar-refractivity contribution is 0.505. The molecule has 1 atom stereocenters. The smallest absolute Gasteiger partial charge is 0.0494 e. The highest BCUT2D eigenvalue weighted by molar-refractivity contribution is 9.10. The molecule has 90 valence electrons. The van der Waals surface area contributed by atoms with Crippen molar-refractivity contribution >= 4 is 33.2 Å². The third-order valence-electron chi connectivity index (χ3n) is 3.14. The highest BCUT2D eigenvalue weighted by Gasteiger charge is 2.16. The number of hydrogen-bond donors (Lipinski definition) is 0. The Bertz CT molecular complexity index is 352. The number of rotatable bonds is 4. The SMILES string of the molecule is CC(C)C(C)N(C)c1ccc(Br)cc1CCl. The van der Waals surface area contributed by atoms with E-state index < -0.39 is 0 Å². The standard InChI is InChI=1S/C13H19BrClN/c1-9(2)10(3)16(4)13-6-5-12(14)7-11(13)8-15/h5-7,9-10H,8H2,1-4H3. The van der Waals surface area contributed by atoms with Crippen LogP contribution in [0.4, 0.5) is 5.69 Å². The van der Waals surface area contributed by atoms with Crippen LogP contribution in [-0.2, 0) is 5.88 Å². The van der Waals surface area contributed by atoms with Gasteiger partial charge in [-0.2, -0.15) is 0 Å². The summed E-state index contributed by atoms with van der Waals surface area (Å²) in [6.45, 7) is 6.71. The normalized spacial score (nSPS) is 12.9. The average molecular weight is 305 g/mol. The van der Waals surface area contributed by atoms with Crippen molar-refractivity contribution in [3.05, 3.63) is 28.2 Å². The summed E-state index contributed by atoms with van der Waals surface area (Å²) in [7, 11) is 2.13. The lowest BCUT2D eigenvalue weighted by atomic mass is 10.0. The minimum Gasteiger partial charge on any atom is -0.371 e. The van der Waals surface area contributed by atoms with Gasteiger partial charge in [-0.3, -0.25) is 0 Å². The van der Waals surface area contributed by atoms with Gasteiger partial charge >= 0.3 is 0 Å². The summed E-state index contributed by atoms with van der Waals surface area (Å²) in [5.41, 5.74) is 2.39. The van der Waals surface area contributed by atoms with E-state index in [9.17, 15) is 0 Å². The molecule has 0 saturated carbocycles. The van der Waals surface area contributed by atoms with Crippen molar-refractivity contribution in [2.24, 2.45) is 5.92 Å². The quantitative estimate of drug-likeness (QED) is 0.731. The zero-order chi connectivity index (χ0) is 12.3. The molecule has 0 aliphatic heterocycles. The van der Waals surface area contributed by atoms with Crippen LogP contribution in [0, 0.1) is 5.92 Å². The Labute approximate surface area is 112 Å². The number of anilines is 1. The fraction of sp³-hybridized carbons (Fsp3) is 0.538. The first-order valence-corrected chi connectivity index (χ1v) is 6.87. The van der Waals surface area contributed by atoms with E-state index in [0.717, 1.165) is 4.47 Å². The van der Waals surface area contributed by atoms with Crippen molar-refractivity contribution in [3.63, 3.8) is 0 Å². The largest absolute Gasteiger partial charge is 0.371 e. The van der Waals surface area contributed by atoms with Gasteiger partial charge in [0.2, 0.25) is 0 Å². The third kappa shape index (κ3) is 3.14. The van der Waals surface area contributed by atoms with E-state index in [-0.39, 0.29) is 0 Å². The van der Waals surface area contributed by atoms with Gasteiger partial charge in [0.25, 0.3) is 0 Å². The summed E-state index contributed by atoms with van der Waals surface area (Å²) in [6.07, 6.45) is 0. The molecule has 1 rings (SSSR count). The van der Waals surface area contributed by atoms with E-state index in [2.05, 4.69) is 66.8 Å². The van der Waals surface area contributed by atoms with Crippen molar-refractivity contribution in [1.82, 2.24) is 0 Å². The minimum absolute atomic E-state index is 0.503. The molecule has 0 heterocycles. The maximum absolute atomic E-state index is 5.98. The van der Waals surface area contributed by atoms with Crippen LogP contribution in [0.1, 0.15) is 26.3 Å². The first-order valence-electron chi connectivity index (χ1n) is 5.54. The van der Waals surface area contributed by atoms with Crippen LogP contribution in [0.25, 0.3) is 0 Å². The van der Waals surface area contributed by atoms with Gasteiger partial charge in [0.1, 0.15) is 0 Å². The van der Waals surface area contributed by atoms with Crippen molar-refractivity contribution in [2.75, 3.05) is 11.9 Å². The molecule has 1 aromatic carbocycles. The number of benzene rings is 1. The van der Waals surface area contributed by atoms with Crippen LogP contribution >= 0.6 is 27.5 Å². The molecular weight excluding hydrogens is 286 g/mol. The van der Waals surface area contributed by atoms with Crippen molar-refractivity contribution < 1.29 is 0 Å². The number of alkyl halides is 1. The van der Waals surface area contributed by atoms with Crippen LogP contribution in [0.15, 0.2) is 22.7 Å². The Hall–Kier alpha value is -0.210. The summed E-state index contributed by atoms with van der Waals surface area (Å²) >= 11 is 9.46. The predicted octanol–water partition coefficient (Wildman–Crippen LogP) is 4.67. The lowest BCUT2D eigenvalue weighted by Gasteiger charge is -2.31. The summed E-state index contributed by atoms with van der Waals surface area (Å²) in [4.78, 5) is 2.30. The summed E-state index contributed by atoms with van der Waals surface area (Å²) in [5.74, 6) is 1.17. The molecule has 0 fully saturated rings. The highest BCUT2D eigenvalue weighted by atomic mass is 79.9. The molecular formula is C13H19BrClN. The molecule has 1 unspecified atom stereocenters. The van der Waals surface area contributed by atoms with Gasteiger partial charge in [0.15, 0.2) is 0 Å². The monoisotopic (exact) mass is 303 g/mol. The predicted molar refractivity (Wildman–Crippen MR) is 76.4 cm³/mol. The first-order chi connectivity index (χ1) is 7.47. The maximum atomic E-state index is 5.98. The fourth-order valence-electron chi connectivity index (χ4n) is 1.67.